The zero-order valence-corrected chi connectivity index (χ0v) is 15.3. The molecule has 4 nitrogen and oxygen atoms in total. The van der Waals surface area contributed by atoms with Gasteiger partial charge >= 0.3 is 0 Å². The molecule has 3 aromatic rings. The molecule has 0 unspecified atom stereocenters. The number of carbonyl (C=O) groups excluding carboxylic acids is 1. The smallest absolute Gasteiger partial charge is 0.252 e. The fourth-order valence-electron chi connectivity index (χ4n) is 3.52. The summed E-state index contributed by atoms with van der Waals surface area (Å²) in [6, 6.07) is 22.4. The van der Waals surface area contributed by atoms with Crippen molar-refractivity contribution < 1.29 is 4.79 Å². The van der Waals surface area contributed by atoms with E-state index in [1.54, 1.807) is 6.20 Å². The molecule has 2 aromatic carbocycles. The number of para-hydroxylation sites is 1. The van der Waals surface area contributed by atoms with E-state index in [-0.39, 0.29) is 5.91 Å². The standard InChI is InChI=1S/C23H23N3O/c27-23(24-15-14-18-7-2-1-3-8-18)20-12-13-22(25-17-20)26-16-6-10-19-9-4-5-11-21(19)26/h1-5,7-9,11-13,17H,6,10,14-16H2,(H,24,27). The molecular weight excluding hydrogens is 334 g/mol. The van der Waals surface area contributed by atoms with Crippen molar-refractivity contribution in [2.24, 2.45) is 0 Å². The van der Waals surface area contributed by atoms with Crippen molar-refractivity contribution in [1.29, 1.82) is 0 Å². The Morgan fingerprint density at radius 2 is 1.81 bits per heavy atom. The number of pyridine rings is 1. The minimum Gasteiger partial charge on any atom is -0.352 e. The predicted molar refractivity (Wildman–Crippen MR) is 108 cm³/mol. The van der Waals surface area contributed by atoms with Crippen molar-refractivity contribution in [1.82, 2.24) is 10.3 Å². The lowest BCUT2D eigenvalue weighted by atomic mass is 10.0. The fourth-order valence-corrected chi connectivity index (χ4v) is 3.52. The molecule has 1 N–H and O–H groups in total. The first-order valence-corrected chi connectivity index (χ1v) is 9.45. The summed E-state index contributed by atoms with van der Waals surface area (Å²) in [6.07, 6.45) is 4.71. The molecule has 4 rings (SSSR count). The lowest BCUT2D eigenvalue weighted by Crippen LogP contribution is -2.27. The lowest BCUT2D eigenvalue weighted by Gasteiger charge is -2.30. The van der Waals surface area contributed by atoms with Gasteiger partial charge in [0.2, 0.25) is 0 Å². The van der Waals surface area contributed by atoms with Gasteiger partial charge in [-0.05, 0) is 48.6 Å². The molecule has 0 bridgehead atoms. The molecule has 1 aliphatic heterocycles. The normalized spacial score (nSPS) is 13.1. The summed E-state index contributed by atoms with van der Waals surface area (Å²) in [4.78, 5) is 19.1. The monoisotopic (exact) mass is 357 g/mol. The molecular formula is C23H23N3O. The van der Waals surface area contributed by atoms with E-state index in [0.717, 1.165) is 31.6 Å². The number of aryl methyl sites for hydroxylation is 1. The van der Waals surface area contributed by atoms with Gasteiger partial charge in [0.25, 0.3) is 5.91 Å². The van der Waals surface area contributed by atoms with Gasteiger partial charge in [-0.15, -0.1) is 0 Å². The van der Waals surface area contributed by atoms with Gasteiger partial charge < -0.3 is 10.2 Å². The second-order valence-corrected chi connectivity index (χ2v) is 6.78. The van der Waals surface area contributed by atoms with E-state index < -0.39 is 0 Å². The highest BCUT2D eigenvalue weighted by Gasteiger charge is 2.18. The van der Waals surface area contributed by atoms with Crippen molar-refractivity contribution in [3.8, 4) is 0 Å². The average Bonchev–Trinajstić information content (AvgIpc) is 2.74. The number of fused-ring (bicyclic) bond motifs is 1. The van der Waals surface area contributed by atoms with E-state index >= 15 is 0 Å². The number of nitrogens with one attached hydrogen (secondary N) is 1. The maximum atomic E-state index is 12.4. The van der Waals surface area contributed by atoms with Crippen molar-refractivity contribution in [3.63, 3.8) is 0 Å². The number of amides is 1. The molecule has 0 atom stereocenters. The number of hydrogen-bond donors (Lipinski definition) is 1. The maximum Gasteiger partial charge on any atom is 0.252 e. The molecule has 1 amide bonds. The van der Waals surface area contributed by atoms with Crippen molar-refractivity contribution >= 4 is 17.4 Å². The second kappa shape index (κ2) is 8.04. The Labute approximate surface area is 159 Å². The highest BCUT2D eigenvalue weighted by Crippen LogP contribution is 2.31. The SMILES string of the molecule is O=C(NCCc1ccccc1)c1ccc(N2CCCc3ccccc32)nc1. The Balaban J connectivity index is 1.40. The Morgan fingerprint density at radius 1 is 1.00 bits per heavy atom. The molecule has 0 saturated heterocycles. The van der Waals surface area contributed by atoms with E-state index in [4.69, 9.17) is 0 Å². The Kier molecular flexibility index (Phi) is 5.15. The van der Waals surface area contributed by atoms with E-state index in [2.05, 4.69) is 51.6 Å². The van der Waals surface area contributed by atoms with Gasteiger partial charge in [-0.2, -0.15) is 0 Å². The number of rotatable bonds is 5. The molecule has 0 aliphatic carbocycles. The first kappa shape index (κ1) is 17.3. The summed E-state index contributed by atoms with van der Waals surface area (Å²) in [6.45, 7) is 1.57. The molecule has 1 aliphatic rings. The Morgan fingerprint density at radius 3 is 2.63 bits per heavy atom. The largest absolute Gasteiger partial charge is 0.352 e. The lowest BCUT2D eigenvalue weighted by molar-refractivity contribution is 0.0954. The predicted octanol–water partition coefficient (Wildman–Crippen LogP) is 4.14. The zero-order valence-electron chi connectivity index (χ0n) is 15.3. The molecule has 0 radical (unpaired) electrons. The first-order valence-electron chi connectivity index (χ1n) is 9.45. The Bertz CT molecular complexity index is 906. The summed E-state index contributed by atoms with van der Waals surface area (Å²) in [7, 11) is 0. The second-order valence-electron chi connectivity index (χ2n) is 6.78. The molecule has 136 valence electrons. The Hall–Kier alpha value is -3.14. The number of nitrogens with zero attached hydrogens (tertiary/aromatic N) is 2. The topological polar surface area (TPSA) is 45.2 Å². The van der Waals surface area contributed by atoms with Gasteiger partial charge in [-0.25, -0.2) is 4.98 Å². The summed E-state index contributed by atoms with van der Waals surface area (Å²) in [5.41, 5.74) is 4.39. The van der Waals surface area contributed by atoms with Crippen LogP contribution in [0.4, 0.5) is 11.5 Å². The van der Waals surface area contributed by atoms with Crippen LogP contribution < -0.4 is 10.2 Å². The number of hydrogen-bond acceptors (Lipinski definition) is 3. The van der Waals surface area contributed by atoms with Crippen LogP contribution in [-0.4, -0.2) is 24.0 Å². The minimum atomic E-state index is -0.0796. The van der Waals surface area contributed by atoms with E-state index in [1.807, 2.05) is 30.3 Å². The summed E-state index contributed by atoms with van der Waals surface area (Å²) in [5.74, 6) is 0.812. The van der Waals surface area contributed by atoms with E-state index in [0.29, 0.717) is 12.1 Å². The molecule has 0 spiro atoms. The number of benzene rings is 2. The number of aromatic nitrogens is 1. The highest BCUT2D eigenvalue weighted by molar-refractivity contribution is 5.94. The van der Waals surface area contributed by atoms with Crippen LogP contribution >= 0.6 is 0 Å². The summed E-state index contributed by atoms with van der Waals surface area (Å²) in [5, 5.41) is 2.97. The van der Waals surface area contributed by atoms with Gasteiger partial charge in [0, 0.05) is 25.0 Å². The number of anilines is 2. The fraction of sp³-hybridized carbons (Fsp3) is 0.217. The van der Waals surface area contributed by atoms with Crippen LogP contribution in [-0.2, 0) is 12.8 Å². The molecule has 0 fully saturated rings. The van der Waals surface area contributed by atoms with Crippen LogP contribution in [0.3, 0.4) is 0 Å². The van der Waals surface area contributed by atoms with Gasteiger partial charge in [0.15, 0.2) is 0 Å². The van der Waals surface area contributed by atoms with Gasteiger partial charge in [0.1, 0.15) is 5.82 Å². The van der Waals surface area contributed by atoms with Crippen LogP contribution in [0.2, 0.25) is 0 Å². The van der Waals surface area contributed by atoms with E-state index in [9.17, 15) is 4.79 Å². The van der Waals surface area contributed by atoms with Crippen LogP contribution in [0.5, 0.6) is 0 Å². The summed E-state index contributed by atoms with van der Waals surface area (Å²) >= 11 is 0. The van der Waals surface area contributed by atoms with Crippen molar-refractivity contribution in [2.45, 2.75) is 19.3 Å². The zero-order chi connectivity index (χ0) is 18.5. The molecule has 0 saturated carbocycles. The molecule has 2 heterocycles. The van der Waals surface area contributed by atoms with Gasteiger partial charge in [0.05, 0.1) is 5.56 Å². The minimum absolute atomic E-state index is 0.0796. The highest BCUT2D eigenvalue weighted by atomic mass is 16.1. The van der Waals surface area contributed by atoms with Crippen LogP contribution in [0.25, 0.3) is 0 Å². The molecule has 4 heteroatoms. The quantitative estimate of drug-likeness (QED) is 0.746. The average molecular weight is 357 g/mol. The molecule has 27 heavy (non-hydrogen) atoms. The van der Waals surface area contributed by atoms with Gasteiger partial charge in [-0.3, -0.25) is 4.79 Å². The van der Waals surface area contributed by atoms with Crippen LogP contribution in [0.1, 0.15) is 27.9 Å². The third-order valence-electron chi connectivity index (χ3n) is 4.94. The van der Waals surface area contributed by atoms with E-state index in [1.165, 1.54) is 16.8 Å². The van der Waals surface area contributed by atoms with Crippen molar-refractivity contribution in [3.05, 3.63) is 89.6 Å². The van der Waals surface area contributed by atoms with Gasteiger partial charge in [-0.1, -0.05) is 48.5 Å². The van der Waals surface area contributed by atoms with Crippen LogP contribution in [0, 0.1) is 0 Å². The third-order valence-corrected chi connectivity index (χ3v) is 4.94. The first-order chi connectivity index (χ1) is 13.3. The maximum absolute atomic E-state index is 12.4. The number of carbonyl (C=O) groups is 1. The van der Waals surface area contributed by atoms with Crippen LogP contribution in [0.15, 0.2) is 72.9 Å². The molecule has 1 aromatic heterocycles. The van der Waals surface area contributed by atoms with Crippen molar-refractivity contribution in [2.75, 3.05) is 18.0 Å². The third kappa shape index (κ3) is 4.00. The summed E-state index contributed by atoms with van der Waals surface area (Å²) < 4.78 is 0.